The molecule has 0 bridgehead atoms. The van der Waals surface area contributed by atoms with Gasteiger partial charge in [0.25, 0.3) is 0 Å². The van der Waals surface area contributed by atoms with Gasteiger partial charge in [0.1, 0.15) is 11.5 Å². The normalized spacial score (nSPS) is 10.4. The lowest BCUT2D eigenvalue weighted by molar-refractivity contribution is 0.100. The minimum Gasteiger partial charge on any atom is -0.497 e. The van der Waals surface area contributed by atoms with E-state index in [1.807, 2.05) is 0 Å². The van der Waals surface area contributed by atoms with Crippen molar-refractivity contribution in [2.45, 2.75) is 0 Å². The first kappa shape index (κ1) is 15.3. The van der Waals surface area contributed by atoms with Gasteiger partial charge in [-0.25, -0.2) is 4.79 Å². The number of hydrogen-bond acceptors (Lipinski definition) is 6. The summed E-state index contributed by atoms with van der Waals surface area (Å²) >= 11 is 0. The summed E-state index contributed by atoms with van der Waals surface area (Å²) in [6.07, 6.45) is -0.204. The van der Waals surface area contributed by atoms with Crippen LogP contribution >= 0.6 is 0 Å². The van der Waals surface area contributed by atoms with Gasteiger partial charge < -0.3 is 19.6 Å². The first-order valence-corrected chi connectivity index (χ1v) is 6.89. The molecule has 8 nitrogen and oxygen atoms in total. The Balaban J connectivity index is 1.84. The highest BCUT2D eigenvalue weighted by Gasteiger charge is 2.12. The zero-order valence-corrected chi connectivity index (χ0v) is 12.6. The maximum absolute atomic E-state index is 11.9. The molecule has 1 heterocycles. The Labute approximate surface area is 136 Å². The zero-order chi connectivity index (χ0) is 17.1. The van der Waals surface area contributed by atoms with Gasteiger partial charge in [-0.1, -0.05) is 5.10 Å². The predicted octanol–water partition coefficient (Wildman–Crippen LogP) is 1.73. The summed E-state index contributed by atoms with van der Waals surface area (Å²) < 4.78 is 16.4. The Hall–Kier alpha value is -3.55. The minimum absolute atomic E-state index is 0.204. The number of amides is 1. The maximum Gasteiger partial charge on any atom is 0.444 e. The van der Waals surface area contributed by atoms with Crippen LogP contribution in [0.4, 0.5) is 0 Å². The third kappa shape index (κ3) is 3.12. The second kappa shape index (κ2) is 6.29. The number of rotatable bonds is 5. The SMILES string of the molecule is COc1ccc(Oc2nn(-c3ccc(C(N)=O)cc3)c(=O)o2)cc1. The van der Waals surface area contributed by atoms with Gasteiger partial charge in [0.15, 0.2) is 0 Å². The van der Waals surface area contributed by atoms with Crippen LogP contribution in [-0.4, -0.2) is 22.8 Å². The van der Waals surface area contributed by atoms with Crippen LogP contribution in [0.3, 0.4) is 0 Å². The highest BCUT2D eigenvalue weighted by Crippen LogP contribution is 2.22. The molecule has 2 N–H and O–H groups in total. The van der Waals surface area contributed by atoms with Crippen molar-refractivity contribution in [1.29, 1.82) is 0 Å². The van der Waals surface area contributed by atoms with E-state index in [1.165, 1.54) is 24.3 Å². The molecule has 0 spiro atoms. The lowest BCUT2D eigenvalue weighted by atomic mass is 10.2. The van der Waals surface area contributed by atoms with Crippen LogP contribution in [0.15, 0.2) is 57.7 Å². The number of benzene rings is 2. The smallest absolute Gasteiger partial charge is 0.444 e. The Morgan fingerprint density at radius 2 is 1.71 bits per heavy atom. The summed E-state index contributed by atoms with van der Waals surface area (Å²) in [5.74, 6) is -0.167. The Morgan fingerprint density at radius 3 is 2.29 bits per heavy atom. The van der Waals surface area contributed by atoms with E-state index >= 15 is 0 Å². The monoisotopic (exact) mass is 327 g/mol. The average molecular weight is 327 g/mol. The van der Waals surface area contributed by atoms with E-state index in [0.717, 1.165) is 4.68 Å². The molecule has 0 fully saturated rings. The molecule has 3 rings (SSSR count). The minimum atomic E-state index is -0.717. The van der Waals surface area contributed by atoms with Crippen molar-refractivity contribution >= 4 is 5.91 Å². The summed E-state index contributed by atoms with van der Waals surface area (Å²) in [5.41, 5.74) is 5.91. The van der Waals surface area contributed by atoms with E-state index in [4.69, 9.17) is 19.6 Å². The summed E-state index contributed by atoms with van der Waals surface area (Å²) in [6, 6.07) is 12.7. The van der Waals surface area contributed by atoms with Gasteiger partial charge in [-0.3, -0.25) is 4.79 Å². The van der Waals surface area contributed by atoms with E-state index in [0.29, 0.717) is 22.7 Å². The molecule has 0 aliphatic rings. The van der Waals surface area contributed by atoms with Crippen molar-refractivity contribution in [1.82, 2.24) is 9.78 Å². The Morgan fingerprint density at radius 1 is 1.08 bits per heavy atom. The van der Waals surface area contributed by atoms with Crippen molar-refractivity contribution < 1.29 is 18.7 Å². The molecule has 1 amide bonds. The highest BCUT2D eigenvalue weighted by molar-refractivity contribution is 5.92. The molecule has 24 heavy (non-hydrogen) atoms. The number of carbonyl (C=O) groups is 1. The quantitative estimate of drug-likeness (QED) is 0.764. The fourth-order valence-corrected chi connectivity index (χ4v) is 1.98. The molecule has 1 aromatic heterocycles. The largest absolute Gasteiger partial charge is 0.497 e. The van der Waals surface area contributed by atoms with Crippen molar-refractivity contribution in [3.8, 4) is 23.3 Å². The zero-order valence-electron chi connectivity index (χ0n) is 12.6. The number of ether oxygens (including phenoxy) is 2. The average Bonchev–Trinajstić information content (AvgIpc) is 2.96. The lowest BCUT2D eigenvalue weighted by Gasteiger charge is -2.02. The van der Waals surface area contributed by atoms with Crippen molar-refractivity contribution in [2.24, 2.45) is 5.73 Å². The third-order valence-corrected chi connectivity index (χ3v) is 3.19. The van der Waals surface area contributed by atoms with E-state index in [1.54, 1.807) is 31.4 Å². The molecule has 0 saturated heterocycles. The van der Waals surface area contributed by atoms with Crippen LogP contribution in [0, 0.1) is 0 Å². The lowest BCUT2D eigenvalue weighted by Crippen LogP contribution is -2.14. The molecule has 0 aliphatic carbocycles. The number of aromatic nitrogens is 2. The summed E-state index contributed by atoms with van der Waals surface area (Å²) in [7, 11) is 1.56. The van der Waals surface area contributed by atoms with Crippen LogP contribution in [0.5, 0.6) is 17.6 Å². The molecule has 3 aromatic rings. The number of carbonyl (C=O) groups excluding carboxylic acids is 1. The van der Waals surface area contributed by atoms with Gasteiger partial charge in [-0.05, 0) is 48.5 Å². The fourth-order valence-electron chi connectivity index (χ4n) is 1.98. The maximum atomic E-state index is 11.9. The van der Waals surface area contributed by atoms with E-state index in [-0.39, 0.29) is 6.08 Å². The molecule has 0 unspecified atom stereocenters. The number of hydrogen-bond donors (Lipinski definition) is 1. The predicted molar refractivity (Wildman–Crippen MR) is 83.7 cm³/mol. The van der Waals surface area contributed by atoms with Crippen LogP contribution in [0.1, 0.15) is 10.4 Å². The van der Waals surface area contributed by atoms with Crippen molar-refractivity contribution in [3.05, 3.63) is 64.6 Å². The molecule has 0 saturated carbocycles. The molecular formula is C16H13N3O5. The molecule has 122 valence electrons. The second-order valence-electron chi connectivity index (χ2n) is 4.73. The van der Waals surface area contributed by atoms with Crippen LogP contribution in [-0.2, 0) is 0 Å². The number of methoxy groups -OCH3 is 1. The number of primary amides is 1. The Bertz CT molecular complexity index is 910. The van der Waals surface area contributed by atoms with Gasteiger partial charge in [-0.15, -0.1) is 0 Å². The molecule has 2 aromatic carbocycles. The summed E-state index contributed by atoms with van der Waals surface area (Å²) in [4.78, 5) is 23.0. The van der Waals surface area contributed by atoms with Crippen LogP contribution in [0.25, 0.3) is 5.69 Å². The molecule has 0 radical (unpaired) electrons. The highest BCUT2D eigenvalue weighted by atomic mass is 16.6. The van der Waals surface area contributed by atoms with E-state index in [2.05, 4.69) is 5.10 Å². The summed E-state index contributed by atoms with van der Waals surface area (Å²) in [6.45, 7) is 0. The number of nitrogens with two attached hydrogens (primary N) is 1. The van der Waals surface area contributed by atoms with E-state index < -0.39 is 11.7 Å². The molecule has 0 atom stereocenters. The summed E-state index contributed by atoms with van der Waals surface area (Å²) in [5, 5.41) is 3.96. The van der Waals surface area contributed by atoms with Gasteiger partial charge in [0, 0.05) is 5.56 Å². The second-order valence-corrected chi connectivity index (χ2v) is 4.73. The van der Waals surface area contributed by atoms with Crippen LogP contribution in [0.2, 0.25) is 0 Å². The third-order valence-electron chi connectivity index (χ3n) is 3.19. The standard InChI is InChI=1S/C16H13N3O5/c1-22-12-6-8-13(9-7-12)23-15-18-19(16(21)24-15)11-4-2-10(3-5-11)14(17)20/h2-9H,1H3,(H2,17,20). The van der Waals surface area contributed by atoms with Gasteiger partial charge in [0.05, 0.1) is 12.8 Å². The first-order chi connectivity index (χ1) is 11.6. The Kier molecular flexibility index (Phi) is 4.02. The van der Waals surface area contributed by atoms with Crippen LogP contribution < -0.4 is 21.0 Å². The topological polar surface area (TPSA) is 110 Å². The number of nitrogens with zero attached hydrogens (tertiary/aromatic N) is 2. The van der Waals surface area contributed by atoms with Gasteiger partial charge in [-0.2, -0.15) is 4.68 Å². The molecule has 0 aliphatic heterocycles. The van der Waals surface area contributed by atoms with Crippen molar-refractivity contribution in [3.63, 3.8) is 0 Å². The van der Waals surface area contributed by atoms with Gasteiger partial charge >= 0.3 is 11.8 Å². The van der Waals surface area contributed by atoms with Gasteiger partial charge in [0.2, 0.25) is 5.91 Å². The fraction of sp³-hybridized carbons (Fsp3) is 0.0625. The first-order valence-electron chi connectivity index (χ1n) is 6.89. The molecule has 8 heteroatoms. The van der Waals surface area contributed by atoms with E-state index in [9.17, 15) is 9.59 Å². The van der Waals surface area contributed by atoms with Crippen molar-refractivity contribution in [2.75, 3.05) is 7.11 Å². The molecular weight excluding hydrogens is 314 g/mol.